The summed E-state index contributed by atoms with van der Waals surface area (Å²) in [5, 5.41) is 1.10. The number of aromatic nitrogens is 2. The van der Waals surface area contributed by atoms with Crippen LogP contribution >= 0.6 is 23.4 Å². The van der Waals surface area contributed by atoms with Gasteiger partial charge in [0.25, 0.3) is 5.91 Å². The van der Waals surface area contributed by atoms with E-state index >= 15 is 0 Å². The summed E-state index contributed by atoms with van der Waals surface area (Å²) >= 11 is 7.77. The van der Waals surface area contributed by atoms with Crippen molar-refractivity contribution in [3.05, 3.63) is 88.6 Å². The molecule has 0 unspecified atom stereocenters. The Morgan fingerprint density at radius 2 is 1.78 bits per heavy atom. The fourth-order valence-corrected chi connectivity index (χ4v) is 5.24. The van der Waals surface area contributed by atoms with E-state index in [1.165, 1.54) is 5.56 Å². The summed E-state index contributed by atoms with van der Waals surface area (Å²) < 4.78 is 0. The number of benzene rings is 2. The highest BCUT2D eigenvalue weighted by Crippen LogP contribution is 2.24. The van der Waals surface area contributed by atoms with Crippen LogP contribution in [0.1, 0.15) is 34.8 Å². The first-order chi connectivity index (χ1) is 18.0. The first kappa shape index (κ1) is 27.2. The second-order valence-electron chi connectivity index (χ2n) is 9.14. The molecule has 1 amide bonds. The molecule has 1 saturated heterocycles. The first-order valence-corrected chi connectivity index (χ1v) is 14.1. The van der Waals surface area contributed by atoms with Crippen LogP contribution in [0.2, 0.25) is 5.15 Å². The molecule has 8 heteroatoms. The summed E-state index contributed by atoms with van der Waals surface area (Å²) in [7, 11) is 2.01. The maximum Gasteiger partial charge on any atom is 0.253 e. The minimum Gasteiger partial charge on any atom is -0.360 e. The number of thioether (sulfide) groups is 1. The molecule has 0 saturated carbocycles. The lowest BCUT2D eigenvalue weighted by molar-refractivity contribution is 0.0650. The molecule has 0 bridgehead atoms. The molecule has 0 atom stereocenters. The van der Waals surface area contributed by atoms with Gasteiger partial charge in [-0.2, -0.15) is 0 Å². The zero-order valence-electron chi connectivity index (χ0n) is 21.5. The number of rotatable bonds is 10. The molecule has 0 spiro atoms. The van der Waals surface area contributed by atoms with Gasteiger partial charge in [-0.05, 0) is 29.7 Å². The summed E-state index contributed by atoms with van der Waals surface area (Å²) in [4.78, 5) is 28.5. The van der Waals surface area contributed by atoms with E-state index in [1.807, 2.05) is 54.4 Å². The molecule has 37 heavy (non-hydrogen) atoms. The van der Waals surface area contributed by atoms with Crippen LogP contribution in [0.5, 0.6) is 0 Å². The Balaban J connectivity index is 1.25. The van der Waals surface area contributed by atoms with Gasteiger partial charge in [0.05, 0.1) is 0 Å². The van der Waals surface area contributed by atoms with Gasteiger partial charge >= 0.3 is 0 Å². The van der Waals surface area contributed by atoms with Crippen molar-refractivity contribution in [3.63, 3.8) is 0 Å². The molecule has 4 rings (SSSR count). The molecule has 0 N–H and O–H groups in total. The van der Waals surface area contributed by atoms with E-state index in [4.69, 9.17) is 11.6 Å². The molecule has 0 radical (unpaired) electrons. The smallest absolute Gasteiger partial charge is 0.253 e. The number of nitrogens with zero attached hydrogens (tertiary/aromatic N) is 5. The average Bonchev–Trinajstić information content (AvgIpc) is 2.93. The fraction of sp³-hybridized carbons (Fsp3) is 0.345. The zero-order valence-corrected chi connectivity index (χ0v) is 23.1. The maximum absolute atomic E-state index is 13.0. The van der Waals surface area contributed by atoms with Gasteiger partial charge in [-0.25, -0.2) is 9.97 Å². The Morgan fingerprint density at radius 3 is 2.49 bits per heavy atom. The van der Waals surface area contributed by atoms with E-state index in [0.717, 1.165) is 62.6 Å². The maximum atomic E-state index is 13.0. The summed E-state index contributed by atoms with van der Waals surface area (Å²) in [5.41, 5.74) is 3.06. The lowest BCUT2D eigenvalue weighted by atomic mass is 10.1. The predicted octanol–water partition coefficient (Wildman–Crippen LogP) is 5.74. The lowest BCUT2D eigenvalue weighted by Gasteiger charge is -2.34. The number of hydrogen-bond donors (Lipinski definition) is 0. The van der Waals surface area contributed by atoms with Gasteiger partial charge in [0, 0.05) is 63.7 Å². The van der Waals surface area contributed by atoms with E-state index < -0.39 is 0 Å². The molecule has 0 aliphatic carbocycles. The van der Waals surface area contributed by atoms with E-state index in [-0.39, 0.29) is 5.91 Å². The average molecular weight is 536 g/mol. The quantitative estimate of drug-likeness (QED) is 0.187. The molecule has 2 heterocycles. The highest BCUT2D eigenvalue weighted by molar-refractivity contribution is 7.98. The van der Waals surface area contributed by atoms with Crippen LogP contribution < -0.4 is 4.90 Å². The highest BCUT2D eigenvalue weighted by Gasteiger charge is 2.21. The first-order valence-electron chi connectivity index (χ1n) is 12.7. The Kier molecular flexibility index (Phi) is 9.99. The highest BCUT2D eigenvalue weighted by atomic mass is 35.5. The third kappa shape index (κ3) is 8.06. The second kappa shape index (κ2) is 13.6. The number of hydrogen-bond acceptors (Lipinski definition) is 6. The van der Waals surface area contributed by atoms with E-state index in [0.29, 0.717) is 16.1 Å². The monoisotopic (exact) mass is 535 g/mol. The van der Waals surface area contributed by atoms with Crippen molar-refractivity contribution in [1.82, 2.24) is 19.8 Å². The van der Waals surface area contributed by atoms with E-state index in [9.17, 15) is 4.79 Å². The van der Waals surface area contributed by atoms with Crippen LogP contribution in [-0.2, 0) is 5.75 Å². The fourth-order valence-electron chi connectivity index (χ4n) is 4.21. The van der Waals surface area contributed by atoms with Gasteiger partial charge in [0.1, 0.15) is 11.0 Å². The van der Waals surface area contributed by atoms with Gasteiger partial charge in [-0.1, -0.05) is 84.9 Å². The van der Waals surface area contributed by atoms with Crippen molar-refractivity contribution in [2.24, 2.45) is 0 Å². The van der Waals surface area contributed by atoms with E-state index in [2.05, 4.69) is 51.0 Å². The van der Waals surface area contributed by atoms with Crippen molar-refractivity contribution >= 4 is 41.2 Å². The Labute approximate surface area is 229 Å². The van der Waals surface area contributed by atoms with Crippen molar-refractivity contribution in [1.29, 1.82) is 0 Å². The van der Waals surface area contributed by atoms with Gasteiger partial charge in [-0.3, -0.25) is 9.69 Å². The van der Waals surface area contributed by atoms with Crippen molar-refractivity contribution < 1.29 is 4.79 Å². The van der Waals surface area contributed by atoms with Gasteiger partial charge in [0.15, 0.2) is 5.16 Å². The van der Waals surface area contributed by atoms with Crippen LogP contribution in [0.4, 0.5) is 5.82 Å². The zero-order chi connectivity index (χ0) is 26.0. The van der Waals surface area contributed by atoms with Crippen molar-refractivity contribution in [3.8, 4) is 0 Å². The normalized spacial score (nSPS) is 14.3. The molecule has 1 aromatic heterocycles. The number of carbonyl (C=O) groups is 1. The summed E-state index contributed by atoms with van der Waals surface area (Å²) in [6.07, 6.45) is 5.38. The van der Waals surface area contributed by atoms with Crippen molar-refractivity contribution in [2.45, 2.75) is 24.3 Å². The van der Waals surface area contributed by atoms with Gasteiger partial charge in [-0.15, -0.1) is 0 Å². The molecular formula is C29H34ClN5OS. The number of anilines is 1. The minimum absolute atomic E-state index is 0.0976. The molecule has 1 aliphatic rings. The molecule has 1 aliphatic heterocycles. The topological polar surface area (TPSA) is 52.6 Å². The number of carbonyl (C=O) groups excluding carboxylic acids is 1. The van der Waals surface area contributed by atoms with Crippen molar-refractivity contribution in [2.75, 3.05) is 51.2 Å². The third-order valence-electron chi connectivity index (χ3n) is 6.31. The Hall–Kier alpha value is -2.87. The Bertz CT molecular complexity index is 1180. The number of amides is 1. The van der Waals surface area contributed by atoms with Gasteiger partial charge in [0.2, 0.25) is 0 Å². The van der Waals surface area contributed by atoms with Gasteiger partial charge < -0.3 is 9.80 Å². The predicted molar refractivity (Wildman–Crippen MR) is 154 cm³/mol. The second-order valence-corrected chi connectivity index (χ2v) is 10.5. The standard InChI is InChI=1S/C29H34ClN5OS/c1-3-15-33(2)27-21-26(30)31-29(32-27)37-22-24-11-13-25(14-12-24)28(36)35-19-17-34(18-20-35)16-7-10-23-8-5-4-6-9-23/h4-14,21H,3,15-20,22H2,1-2H3/b10-7+. The summed E-state index contributed by atoms with van der Waals surface area (Å²) in [6, 6.07) is 20.0. The molecule has 194 valence electrons. The molecule has 1 fully saturated rings. The third-order valence-corrected chi connectivity index (χ3v) is 7.42. The van der Waals surface area contributed by atoms with Crippen LogP contribution in [-0.4, -0.2) is 72.0 Å². The molecule has 6 nitrogen and oxygen atoms in total. The number of halogens is 1. The van der Waals surface area contributed by atoms with Crippen LogP contribution in [0, 0.1) is 0 Å². The number of piperazine rings is 1. The van der Waals surface area contributed by atoms with E-state index in [1.54, 1.807) is 17.8 Å². The summed E-state index contributed by atoms with van der Waals surface area (Å²) in [6.45, 7) is 7.20. The SMILES string of the molecule is CCCN(C)c1cc(Cl)nc(SCc2ccc(C(=O)N3CCN(C/C=C/c4ccccc4)CC3)cc2)n1. The lowest BCUT2D eigenvalue weighted by Crippen LogP contribution is -2.48. The minimum atomic E-state index is 0.0976. The largest absolute Gasteiger partial charge is 0.360 e. The van der Waals surface area contributed by atoms with Crippen LogP contribution in [0.15, 0.2) is 71.9 Å². The van der Waals surface area contributed by atoms with Crippen LogP contribution in [0.25, 0.3) is 6.08 Å². The molecule has 2 aromatic carbocycles. The molecule has 3 aromatic rings. The Morgan fingerprint density at radius 1 is 1.05 bits per heavy atom. The summed E-state index contributed by atoms with van der Waals surface area (Å²) in [5.74, 6) is 1.64. The molecular weight excluding hydrogens is 502 g/mol. The van der Waals surface area contributed by atoms with Crippen LogP contribution in [0.3, 0.4) is 0 Å².